The standard InChI is InChI=1S/C26H15Cl/c27-17-14-12-16(13-15-17)24-20-8-3-1-6-18(20)21-10-5-11-22-19-7-2-4-9-23(19)26(24)25(21)22/h1-15H. The first-order valence-corrected chi connectivity index (χ1v) is 9.54. The summed E-state index contributed by atoms with van der Waals surface area (Å²) in [5.74, 6) is 0. The molecule has 5 aromatic rings. The highest BCUT2D eigenvalue weighted by Crippen LogP contribution is 2.53. The average molecular weight is 363 g/mol. The highest BCUT2D eigenvalue weighted by molar-refractivity contribution is 6.31. The Bertz CT molecular complexity index is 1360. The van der Waals surface area contributed by atoms with Gasteiger partial charge in [-0.2, -0.15) is 0 Å². The zero-order valence-electron chi connectivity index (χ0n) is 14.5. The smallest absolute Gasteiger partial charge is 0.0406 e. The first kappa shape index (κ1) is 15.0. The van der Waals surface area contributed by atoms with E-state index < -0.39 is 0 Å². The molecule has 0 aromatic heterocycles. The van der Waals surface area contributed by atoms with Crippen molar-refractivity contribution in [1.29, 1.82) is 0 Å². The van der Waals surface area contributed by atoms with E-state index in [4.69, 9.17) is 11.6 Å². The predicted octanol–water partition coefficient (Wildman–Crippen LogP) is 7.96. The van der Waals surface area contributed by atoms with Crippen LogP contribution in [-0.2, 0) is 0 Å². The van der Waals surface area contributed by atoms with Crippen LogP contribution in [-0.4, -0.2) is 0 Å². The van der Waals surface area contributed by atoms with Gasteiger partial charge in [0.05, 0.1) is 0 Å². The summed E-state index contributed by atoms with van der Waals surface area (Å²) in [5, 5.41) is 6.04. The van der Waals surface area contributed by atoms with E-state index in [-0.39, 0.29) is 0 Å². The minimum Gasteiger partial charge on any atom is -0.0843 e. The maximum atomic E-state index is 6.18. The Morgan fingerprint density at radius 1 is 0.444 bits per heavy atom. The van der Waals surface area contributed by atoms with Gasteiger partial charge in [-0.05, 0) is 67.1 Å². The van der Waals surface area contributed by atoms with Crippen LogP contribution >= 0.6 is 11.6 Å². The second-order valence-electron chi connectivity index (χ2n) is 7.08. The molecule has 0 amide bonds. The normalized spacial score (nSPS) is 11.9. The van der Waals surface area contributed by atoms with Gasteiger partial charge in [0.15, 0.2) is 0 Å². The molecule has 0 aliphatic heterocycles. The highest BCUT2D eigenvalue weighted by Gasteiger charge is 2.26. The van der Waals surface area contributed by atoms with Gasteiger partial charge in [-0.25, -0.2) is 0 Å². The number of rotatable bonds is 1. The third-order valence-corrected chi connectivity index (χ3v) is 5.92. The van der Waals surface area contributed by atoms with Gasteiger partial charge in [-0.3, -0.25) is 0 Å². The van der Waals surface area contributed by atoms with Gasteiger partial charge in [0.25, 0.3) is 0 Å². The lowest BCUT2D eigenvalue weighted by atomic mass is 9.87. The van der Waals surface area contributed by atoms with E-state index in [2.05, 4.69) is 78.9 Å². The third kappa shape index (κ3) is 1.99. The predicted molar refractivity (Wildman–Crippen MR) is 116 cm³/mol. The van der Waals surface area contributed by atoms with Crippen molar-refractivity contribution >= 4 is 33.1 Å². The molecule has 6 rings (SSSR count). The molecule has 0 saturated carbocycles. The van der Waals surface area contributed by atoms with Gasteiger partial charge in [-0.1, -0.05) is 90.5 Å². The molecule has 0 spiro atoms. The van der Waals surface area contributed by atoms with Crippen LogP contribution in [0.2, 0.25) is 5.02 Å². The first-order chi connectivity index (χ1) is 13.3. The Hall–Kier alpha value is -3.09. The molecule has 27 heavy (non-hydrogen) atoms. The molecule has 0 bridgehead atoms. The maximum absolute atomic E-state index is 6.18. The largest absolute Gasteiger partial charge is 0.0843 e. The molecule has 0 saturated heterocycles. The molecule has 0 N–H and O–H groups in total. The van der Waals surface area contributed by atoms with Crippen LogP contribution in [0.15, 0.2) is 91.0 Å². The van der Waals surface area contributed by atoms with E-state index in [9.17, 15) is 0 Å². The lowest BCUT2D eigenvalue weighted by Crippen LogP contribution is -1.88. The van der Waals surface area contributed by atoms with E-state index in [0.29, 0.717) is 0 Å². The molecule has 0 nitrogen and oxygen atoms in total. The van der Waals surface area contributed by atoms with Crippen LogP contribution in [0.5, 0.6) is 0 Å². The van der Waals surface area contributed by atoms with Crippen molar-refractivity contribution < 1.29 is 0 Å². The van der Waals surface area contributed by atoms with Crippen molar-refractivity contribution in [2.24, 2.45) is 0 Å². The summed E-state index contributed by atoms with van der Waals surface area (Å²) in [6, 6.07) is 32.4. The van der Waals surface area contributed by atoms with Crippen LogP contribution in [0.25, 0.3) is 54.9 Å². The molecule has 5 aromatic carbocycles. The average Bonchev–Trinajstić information content (AvgIpc) is 3.05. The SMILES string of the molecule is Clc1ccc(-c2c3c4c(cccc4c4ccccc24)-c2ccccc2-3)cc1. The van der Waals surface area contributed by atoms with Gasteiger partial charge in [0.2, 0.25) is 0 Å². The monoisotopic (exact) mass is 362 g/mol. The zero-order chi connectivity index (χ0) is 18.0. The van der Waals surface area contributed by atoms with Crippen LogP contribution < -0.4 is 0 Å². The minimum absolute atomic E-state index is 0.765. The fraction of sp³-hybridized carbons (Fsp3) is 0. The second kappa shape index (κ2) is 5.45. The van der Waals surface area contributed by atoms with Gasteiger partial charge in [-0.15, -0.1) is 0 Å². The number of benzene rings is 5. The summed E-state index contributed by atoms with van der Waals surface area (Å²) in [4.78, 5) is 0. The van der Waals surface area contributed by atoms with Crippen LogP contribution in [0.1, 0.15) is 0 Å². The molecule has 0 radical (unpaired) electrons. The molecular formula is C26H15Cl. The van der Waals surface area contributed by atoms with E-state index in [0.717, 1.165) is 5.02 Å². The Morgan fingerprint density at radius 2 is 1.07 bits per heavy atom. The molecule has 0 unspecified atom stereocenters. The number of hydrogen-bond donors (Lipinski definition) is 0. The summed E-state index contributed by atoms with van der Waals surface area (Å²) in [5.41, 5.74) is 7.82. The van der Waals surface area contributed by atoms with Crippen molar-refractivity contribution in [1.82, 2.24) is 0 Å². The van der Waals surface area contributed by atoms with Gasteiger partial charge >= 0.3 is 0 Å². The summed E-state index contributed by atoms with van der Waals surface area (Å²) < 4.78 is 0. The summed E-state index contributed by atoms with van der Waals surface area (Å²) in [6.07, 6.45) is 0. The zero-order valence-corrected chi connectivity index (χ0v) is 15.3. The third-order valence-electron chi connectivity index (χ3n) is 5.67. The van der Waals surface area contributed by atoms with Crippen molar-refractivity contribution in [3.8, 4) is 33.4 Å². The Kier molecular flexibility index (Phi) is 3.03. The minimum atomic E-state index is 0.765. The van der Waals surface area contributed by atoms with Gasteiger partial charge in [0, 0.05) is 5.02 Å². The van der Waals surface area contributed by atoms with Crippen LogP contribution in [0.4, 0.5) is 0 Å². The Labute approximate surface area is 162 Å². The lowest BCUT2D eigenvalue weighted by molar-refractivity contribution is 1.65. The number of fused-ring (bicyclic) bond motifs is 5. The van der Waals surface area contributed by atoms with E-state index in [1.54, 1.807) is 0 Å². The Morgan fingerprint density at radius 3 is 1.89 bits per heavy atom. The van der Waals surface area contributed by atoms with Crippen molar-refractivity contribution in [2.45, 2.75) is 0 Å². The molecule has 1 aliphatic carbocycles. The van der Waals surface area contributed by atoms with Crippen LogP contribution in [0, 0.1) is 0 Å². The molecule has 0 heterocycles. The number of halogens is 1. The van der Waals surface area contributed by atoms with Gasteiger partial charge < -0.3 is 0 Å². The van der Waals surface area contributed by atoms with Crippen LogP contribution in [0.3, 0.4) is 0 Å². The quantitative estimate of drug-likeness (QED) is 0.260. The van der Waals surface area contributed by atoms with Crippen molar-refractivity contribution in [3.05, 3.63) is 96.0 Å². The van der Waals surface area contributed by atoms with E-state index in [1.165, 1.54) is 54.9 Å². The molecule has 1 aliphatic rings. The molecule has 0 atom stereocenters. The summed E-state index contributed by atoms with van der Waals surface area (Å²) in [7, 11) is 0. The lowest BCUT2D eigenvalue weighted by Gasteiger charge is -2.16. The van der Waals surface area contributed by atoms with Crippen molar-refractivity contribution in [3.63, 3.8) is 0 Å². The fourth-order valence-electron chi connectivity index (χ4n) is 4.59. The van der Waals surface area contributed by atoms with E-state index in [1.807, 2.05) is 12.1 Å². The molecule has 126 valence electrons. The highest BCUT2D eigenvalue weighted by atomic mass is 35.5. The second-order valence-corrected chi connectivity index (χ2v) is 7.51. The Balaban J connectivity index is 1.91. The molecule has 0 fully saturated rings. The van der Waals surface area contributed by atoms with Gasteiger partial charge in [0.1, 0.15) is 0 Å². The summed E-state index contributed by atoms with van der Waals surface area (Å²) >= 11 is 6.18. The summed E-state index contributed by atoms with van der Waals surface area (Å²) in [6.45, 7) is 0. The van der Waals surface area contributed by atoms with Crippen molar-refractivity contribution in [2.75, 3.05) is 0 Å². The maximum Gasteiger partial charge on any atom is 0.0406 e. The molecule has 1 heteroatoms. The first-order valence-electron chi connectivity index (χ1n) is 9.16. The molecular weight excluding hydrogens is 348 g/mol. The number of hydrogen-bond acceptors (Lipinski definition) is 0. The van der Waals surface area contributed by atoms with E-state index >= 15 is 0 Å². The topological polar surface area (TPSA) is 0 Å². The fourth-order valence-corrected chi connectivity index (χ4v) is 4.71.